The Labute approximate surface area is 79.2 Å². The van der Waals surface area contributed by atoms with E-state index in [1.165, 1.54) is 18.5 Å². The van der Waals surface area contributed by atoms with Crippen LogP contribution in [0.2, 0.25) is 0 Å². The standard InChI is InChI=1S/C11H16N2/c12-8-10-5-4-9(10)7-11-3-1-2-6-13-11/h1-3,6,9-10H,4-5,7-8,12H2. The Morgan fingerprint density at radius 1 is 1.31 bits per heavy atom. The molecule has 2 rings (SSSR count). The zero-order valence-corrected chi connectivity index (χ0v) is 7.82. The second kappa shape index (κ2) is 3.88. The molecular weight excluding hydrogens is 160 g/mol. The normalized spacial score (nSPS) is 26.8. The molecule has 0 aromatic carbocycles. The van der Waals surface area contributed by atoms with E-state index in [4.69, 9.17) is 5.73 Å². The summed E-state index contributed by atoms with van der Waals surface area (Å²) in [5, 5.41) is 0. The van der Waals surface area contributed by atoms with Crippen LogP contribution in [-0.2, 0) is 6.42 Å². The molecule has 0 aliphatic heterocycles. The van der Waals surface area contributed by atoms with Gasteiger partial charge in [0.25, 0.3) is 0 Å². The zero-order valence-electron chi connectivity index (χ0n) is 7.82. The SMILES string of the molecule is NCC1CCC1Cc1ccccn1. The van der Waals surface area contributed by atoms with Crippen LogP contribution in [0.3, 0.4) is 0 Å². The van der Waals surface area contributed by atoms with Gasteiger partial charge in [-0.05, 0) is 49.8 Å². The Morgan fingerprint density at radius 3 is 2.69 bits per heavy atom. The smallest absolute Gasteiger partial charge is 0.0406 e. The summed E-state index contributed by atoms with van der Waals surface area (Å²) in [6.07, 6.45) is 5.63. The molecule has 0 saturated heterocycles. The van der Waals surface area contributed by atoms with Crippen LogP contribution in [0.1, 0.15) is 18.5 Å². The van der Waals surface area contributed by atoms with Crippen molar-refractivity contribution < 1.29 is 0 Å². The van der Waals surface area contributed by atoms with Crippen LogP contribution in [0, 0.1) is 11.8 Å². The van der Waals surface area contributed by atoms with Gasteiger partial charge in [0, 0.05) is 11.9 Å². The topological polar surface area (TPSA) is 38.9 Å². The highest BCUT2D eigenvalue weighted by atomic mass is 14.7. The monoisotopic (exact) mass is 176 g/mol. The van der Waals surface area contributed by atoms with Crippen LogP contribution in [0.5, 0.6) is 0 Å². The van der Waals surface area contributed by atoms with E-state index < -0.39 is 0 Å². The van der Waals surface area contributed by atoms with Crippen molar-refractivity contribution in [3.63, 3.8) is 0 Å². The molecular formula is C11H16N2. The van der Waals surface area contributed by atoms with Crippen LogP contribution in [0.25, 0.3) is 0 Å². The maximum Gasteiger partial charge on any atom is 0.0406 e. The predicted molar refractivity (Wildman–Crippen MR) is 53.2 cm³/mol. The number of hydrogen-bond donors (Lipinski definition) is 1. The molecule has 0 radical (unpaired) electrons. The van der Waals surface area contributed by atoms with E-state index >= 15 is 0 Å². The molecule has 1 aromatic heterocycles. The average molecular weight is 176 g/mol. The Bertz CT molecular complexity index is 256. The van der Waals surface area contributed by atoms with E-state index in [0.717, 1.165) is 24.8 Å². The summed E-state index contributed by atoms with van der Waals surface area (Å²) >= 11 is 0. The second-order valence-electron chi connectivity index (χ2n) is 3.86. The minimum Gasteiger partial charge on any atom is -0.330 e. The first kappa shape index (κ1) is 8.70. The van der Waals surface area contributed by atoms with Gasteiger partial charge in [-0.1, -0.05) is 6.07 Å². The lowest BCUT2D eigenvalue weighted by Crippen LogP contribution is -2.33. The first-order chi connectivity index (χ1) is 6.40. The molecule has 0 spiro atoms. The third-order valence-corrected chi connectivity index (χ3v) is 3.08. The molecule has 0 bridgehead atoms. The van der Waals surface area contributed by atoms with Gasteiger partial charge in [0.15, 0.2) is 0 Å². The lowest BCUT2D eigenvalue weighted by molar-refractivity contribution is 0.182. The number of hydrogen-bond acceptors (Lipinski definition) is 2. The molecule has 2 atom stereocenters. The molecule has 2 nitrogen and oxygen atoms in total. The minimum atomic E-state index is 0.752. The lowest BCUT2D eigenvalue weighted by Gasteiger charge is -2.35. The van der Waals surface area contributed by atoms with Gasteiger partial charge < -0.3 is 5.73 Å². The number of nitrogens with two attached hydrogens (primary N) is 1. The molecule has 1 aliphatic carbocycles. The van der Waals surface area contributed by atoms with Crippen molar-refractivity contribution in [3.8, 4) is 0 Å². The number of aromatic nitrogens is 1. The molecule has 13 heavy (non-hydrogen) atoms. The van der Waals surface area contributed by atoms with Crippen LogP contribution in [-0.4, -0.2) is 11.5 Å². The third kappa shape index (κ3) is 1.89. The maximum atomic E-state index is 5.66. The fraction of sp³-hybridized carbons (Fsp3) is 0.545. The molecule has 70 valence electrons. The molecule has 1 fully saturated rings. The van der Waals surface area contributed by atoms with E-state index in [1.807, 2.05) is 12.3 Å². The summed E-state index contributed by atoms with van der Waals surface area (Å²) in [4.78, 5) is 4.33. The van der Waals surface area contributed by atoms with Crippen molar-refractivity contribution in [1.82, 2.24) is 4.98 Å². The Hall–Kier alpha value is -0.890. The third-order valence-electron chi connectivity index (χ3n) is 3.08. The summed E-state index contributed by atoms with van der Waals surface area (Å²) in [6.45, 7) is 0.845. The minimum absolute atomic E-state index is 0.752. The molecule has 2 N–H and O–H groups in total. The summed E-state index contributed by atoms with van der Waals surface area (Å²) in [5.74, 6) is 1.54. The van der Waals surface area contributed by atoms with Crippen LogP contribution in [0.15, 0.2) is 24.4 Å². The molecule has 2 heteroatoms. The Morgan fingerprint density at radius 2 is 2.15 bits per heavy atom. The summed E-state index contributed by atoms with van der Waals surface area (Å²) in [5.41, 5.74) is 6.87. The van der Waals surface area contributed by atoms with Gasteiger partial charge in [0.2, 0.25) is 0 Å². The lowest BCUT2D eigenvalue weighted by atomic mass is 9.71. The van der Waals surface area contributed by atoms with Crippen LogP contribution >= 0.6 is 0 Å². The Balaban J connectivity index is 1.92. The predicted octanol–water partition coefficient (Wildman–Crippen LogP) is 1.61. The number of pyridine rings is 1. The van der Waals surface area contributed by atoms with Crippen molar-refractivity contribution in [1.29, 1.82) is 0 Å². The first-order valence-electron chi connectivity index (χ1n) is 5.00. The molecule has 1 aliphatic rings. The van der Waals surface area contributed by atoms with Crippen molar-refractivity contribution in [2.75, 3.05) is 6.54 Å². The van der Waals surface area contributed by atoms with Crippen LogP contribution < -0.4 is 5.73 Å². The highest BCUT2D eigenvalue weighted by Gasteiger charge is 2.29. The van der Waals surface area contributed by atoms with Gasteiger partial charge in [-0.2, -0.15) is 0 Å². The quantitative estimate of drug-likeness (QED) is 0.760. The molecule has 1 heterocycles. The fourth-order valence-electron chi connectivity index (χ4n) is 2.00. The summed E-state index contributed by atoms with van der Waals surface area (Å²) in [6, 6.07) is 6.12. The largest absolute Gasteiger partial charge is 0.330 e. The van der Waals surface area contributed by atoms with Crippen LogP contribution in [0.4, 0.5) is 0 Å². The number of nitrogens with zero attached hydrogens (tertiary/aromatic N) is 1. The van der Waals surface area contributed by atoms with E-state index in [1.54, 1.807) is 0 Å². The fourth-order valence-corrected chi connectivity index (χ4v) is 2.00. The number of rotatable bonds is 3. The summed E-state index contributed by atoms with van der Waals surface area (Å²) < 4.78 is 0. The average Bonchev–Trinajstić information content (AvgIpc) is 2.15. The second-order valence-corrected chi connectivity index (χ2v) is 3.86. The van der Waals surface area contributed by atoms with Crippen molar-refractivity contribution in [2.24, 2.45) is 17.6 Å². The Kier molecular flexibility index (Phi) is 2.60. The van der Waals surface area contributed by atoms with Gasteiger partial charge in [0.1, 0.15) is 0 Å². The first-order valence-corrected chi connectivity index (χ1v) is 5.00. The van der Waals surface area contributed by atoms with E-state index in [0.29, 0.717) is 0 Å². The highest BCUT2D eigenvalue weighted by molar-refractivity contribution is 5.05. The molecule has 0 amide bonds. The van der Waals surface area contributed by atoms with Gasteiger partial charge in [0.05, 0.1) is 0 Å². The molecule has 1 aromatic rings. The van der Waals surface area contributed by atoms with Gasteiger partial charge in [-0.3, -0.25) is 4.98 Å². The van der Waals surface area contributed by atoms with Crippen molar-refractivity contribution in [3.05, 3.63) is 30.1 Å². The van der Waals surface area contributed by atoms with Crippen molar-refractivity contribution in [2.45, 2.75) is 19.3 Å². The van der Waals surface area contributed by atoms with E-state index in [2.05, 4.69) is 17.1 Å². The van der Waals surface area contributed by atoms with Gasteiger partial charge in [-0.25, -0.2) is 0 Å². The van der Waals surface area contributed by atoms with Gasteiger partial charge >= 0.3 is 0 Å². The van der Waals surface area contributed by atoms with Gasteiger partial charge in [-0.15, -0.1) is 0 Å². The van der Waals surface area contributed by atoms with Crippen molar-refractivity contribution >= 4 is 0 Å². The molecule has 2 unspecified atom stereocenters. The summed E-state index contributed by atoms with van der Waals surface area (Å²) in [7, 11) is 0. The van der Waals surface area contributed by atoms with E-state index in [-0.39, 0.29) is 0 Å². The van der Waals surface area contributed by atoms with E-state index in [9.17, 15) is 0 Å². The molecule has 1 saturated carbocycles. The highest BCUT2D eigenvalue weighted by Crippen LogP contribution is 2.35. The zero-order chi connectivity index (χ0) is 9.10. The maximum absolute atomic E-state index is 5.66.